The summed E-state index contributed by atoms with van der Waals surface area (Å²) in [6.45, 7) is 1.92. The van der Waals surface area contributed by atoms with Gasteiger partial charge in [0.2, 0.25) is 11.6 Å². The maximum absolute atomic E-state index is 12.8. The van der Waals surface area contributed by atoms with Gasteiger partial charge in [-0.1, -0.05) is 0 Å². The van der Waals surface area contributed by atoms with Crippen molar-refractivity contribution in [1.82, 2.24) is 10.2 Å². The van der Waals surface area contributed by atoms with Crippen molar-refractivity contribution in [2.24, 2.45) is 17.4 Å². The second-order valence-electron chi connectivity index (χ2n) is 6.46. The third-order valence-corrected chi connectivity index (χ3v) is 5.47. The van der Waals surface area contributed by atoms with Gasteiger partial charge in [0.1, 0.15) is 6.61 Å². The van der Waals surface area contributed by atoms with Crippen LogP contribution in [0.2, 0.25) is 0 Å². The Labute approximate surface area is 137 Å². The van der Waals surface area contributed by atoms with Crippen molar-refractivity contribution >= 4 is 17.7 Å². The average molecular weight is 334 g/mol. The lowest BCUT2D eigenvalue weighted by Crippen LogP contribution is -2.55. The van der Waals surface area contributed by atoms with E-state index in [2.05, 4.69) is 5.32 Å². The van der Waals surface area contributed by atoms with Gasteiger partial charge in [-0.3, -0.25) is 9.59 Å². The summed E-state index contributed by atoms with van der Waals surface area (Å²) in [6.07, 6.45) is -0.950. The monoisotopic (exact) mass is 334 g/mol. The highest BCUT2D eigenvalue weighted by Gasteiger charge is 2.72. The van der Waals surface area contributed by atoms with Gasteiger partial charge in [-0.25, -0.2) is 4.79 Å². The fourth-order valence-corrected chi connectivity index (χ4v) is 4.31. The summed E-state index contributed by atoms with van der Waals surface area (Å²) < 4.78 is 10.8. The van der Waals surface area contributed by atoms with Crippen molar-refractivity contribution in [3.63, 3.8) is 0 Å². The largest absolute Gasteiger partial charge is 0.449 e. The number of carbonyl (C=O) groups is 3. The lowest BCUT2D eigenvalue weighted by molar-refractivity contribution is -0.137. The Morgan fingerprint density at radius 1 is 1.42 bits per heavy atom. The van der Waals surface area contributed by atoms with E-state index in [4.69, 9.17) is 20.9 Å². The second-order valence-corrected chi connectivity index (χ2v) is 6.46. The molecule has 0 aromatic heterocycles. The topological polar surface area (TPSA) is 147 Å². The van der Waals surface area contributed by atoms with Gasteiger partial charge in [0, 0.05) is 30.8 Å². The van der Waals surface area contributed by atoms with Crippen LogP contribution in [-0.2, 0) is 19.1 Å². The maximum atomic E-state index is 12.8. The Morgan fingerprint density at radius 3 is 2.75 bits per heavy atom. The number of ketones is 2. The van der Waals surface area contributed by atoms with Crippen molar-refractivity contribution < 1.29 is 23.9 Å². The van der Waals surface area contributed by atoms with E-state index in [9.17, 15) is 14.4 Å². The summed E-state index contributed by atoms with van der Waals surface area (Å²) in [5.41, 5.74) is 10.7. The number of hydrogen-bond donors (Lipinski definition) is 3. The molecular weight excluding hydrogens is 316 g/mol. The molecule has 3 heterocycles. The van der Waals surface area contributed by atoms with Crippen molar-refractivity contribution in [2.45, 2.75) is 24.7 Å². The minimum absolute atomic E-state index is 0.0586. The highest BCUT2D eigenvalue weighted by Crippen LogP contribution is 2.55. The minimum atomic E-state index is -0.957. The zero-order valence-electron chi connectivity index (χ0n) is 13.3. The number of hydrogen-bond acceptors (Lipinski definition) is 8. The molecule has 4 aliphatic rings. The van der Waals surface area contributed by atoms with Crippen LogP contribution in [0.15, 0.2) is 22.5 Å². The van der Waals surface area contributed by atoms with Crippen LogP contribution in [0.1, 0.15) is 6.92 Å². The van der Waals surface area contributed by atoms with E-state index in [0.29, 0.717) is 12.2 Å². The normalized spacial score (nSPS) is 36.8. The summed E-state index contributed by atoms with van der Waals surface area (Å²) in [6, 6.07) is 0.109. The summed E-state index contributed by atoms with van der Waals surface area (Å²) in [7, 11) is 1.52. The van der Waals surface area contributed by atoms with Gasteiger partial charge in [0.15, 0.2) is 5.72 Å². The van der Waals surface area contributed by atoms with Crippen LogP contribution in [0.5, 0.6) is 0 Å². The van der Waals surface area contributed by atoms with E-state index in [0.717, 1.165) is 0 Å². The van der Waals surface area contributed by atoms with Crippen molar-refractivity contribution in [3.05, 3.63) is 22.5 Å². The van der Waals surface area contributed by atoms with Crippen LogP contribution in [-0.4, -0.2) is 60.6 Å². The molecule has 0 bridgehead atoms. The summed E-state index contributed by atoms with van der Waals surface area (Å²) >= 11 is 0. The quantitative estimate of drug-likeness (QED) is 0.411. The first-order valence-corrected chi connectivity index (χ1v) is 7.65. The Kier molecular flexibility index (Phi) is 2.89. The number of nitrogens with one attached hydrogen (secondary N) is 1. The molecule has 1 aliphatic carbocycles. The van der Waals surface area contributed by atoms with Gasteiger partial charge in [0.05, 0.1) is 23.4 Å². The number of nitrogens with two attached hydrogens (primary N) is 2. The molecule has 9 heteroatoms. The summed E-state index contributed by atoms with van der Waals surface area (Å²) in [5, 5.41) is 3.28. The Balaban J connectivity index is 1.85. The molecule has 1 unspecified atom stereocenters. The summed E-state index contributed by atoms with van der Waals surface area (Å²) in [5.74, 6) is -1.34. The molecule has 1 amide bonds. The number of primary amides is 1. The van der Waals surface area contributed by atoms with Crippen LogP contribution in [0.4, 0.5) is 4.79 Å². The van der Waals surface area contributed by atoms with Crippen LogP contribution >= 0.6 is 0 Å². The average Bonchev–Trinajstić information content (AvgIpc) is 3.16. The number of rotatable bonds is 3. The number of ether oxygens (including phenoxy) is 2. The highest BCUT2D eigenvalue weighted by molar-refractivity contribution is 6.25. The van der Waals surface area contributed by atoms with Crippen LogP contribution in [0, 0.1) is 5.92 Å². The number of allylic oxidation sites excluding steroid dienone is 2. The molecule has 4 atom stereocenters. The first-order chi connectivity index (χ1) is 11.3. The molecule has 3 aliphatic heterocycles. The number of amides is 1. The maximum Gasteiger partial charge on any atom is 0.404 e. The number of piperazine rings is 1. The molecule has 0 spiro atoms. The third-order valence-electron chi connectivity index (χ3n) is 5.47. The molecule has 9 nitrogen and oxygen atoms in total. The number of nitrogens with zero attached hydrogens (tertiary/aromatic N) is 1. The molecule has 0 saturated carbocycles. The molecule has 2 fully saturated rings. The summed E-state index contributed by atoms with van der Waals surface area (Å²) in [4.78, 5) is 38.4. The molecule has 0 radical (unpaired) electrons. The molecule has 5 N–H and O–H groups in total. The third kappa shape index (κ3) is 1.58. The number of methoxy groups -OCH3 is 1. The van der Waals surface area contributed by atoms with Gasteiger partial charge < -0.3 is 31.2 Å². The first-order valence-electron chi connectivity index (χ1n) is 7.65. The number of fused-ring (bicyclic) bond motifs is 4. The zero-order valence-corrected chi connectivity index (χ0v) is 13.3. The molecule has 128 valence electrons. The van der Waals surface area contributed by atoms with Crippen molar-refractivity contribution in [2.75, 3.05) is 20.3 Å². The SMILES string of the molecule is COC12[C@H](COC(N)=O)C3=C(C(=O)C(C)=C(N)C3=O)N1C[C@@H]1N[C@@H]12. The van der Waals surface area contributed by atoms with Crippen LogP contribution < -0.4 is 16.8 Å². The van der Waals surface area contributed by atoms with E-state index >= 15 is 0 Å². The molecule has 4 rings (SSSR count). The van der Waals surface area contributed by atoms with Crippen molar-refractivity contribution in [1.29, 1.82) is 0 Å². The molecule has 0 aromatic rings. The van der Waals surface area contributed by atoms with Crippen LogP contribution in [0.3, 0.4) is 0 Å². The second kappa shape index (κ2) is 4.58. The van der Waals surface area contributed by atoms with Gasteiger partial charge in [-0.05, 0) is 6.92 Å². The lowest BCUT2D eigenvalue weighted by atomic mass is 9.82. The zero-order chi connectivity index (χ0) is 17.4. The smallest absolute Gasteiger partial charge is 0.404 e. The lowest BCUT2D eigenvalue weighted by Gasteiger charge is -2.39. The first kappa shape index (κ1) is 15.2. The fraction of sp³-hybridized carbons (Fsp3) is 0.533. The van der Waals surface area contributed by atoms with E-state index in [-0.39, 0.29) is 41.3 Å². The highest BCUT2D eigenvalue weighted by atomic mass is 16.6. The molecule has 2 saturated heterocycles. The predicted molar refractivity (Wildman–Crippen MR) is 80.1 cm³/mol. The van der Waals surface area contributed by atoms with Gasteiger partial charge in [-0.2, -0.15) is 0 Å². The van der Waals surface area contributed by atoms with E-state index in [1.807, 2.05) is 4.90 Å². The van der Waals surface area contributed by atoms with Gasteiger partial charge in [0.25, 0.3) is 0 Å². The molecule has 24 heavy (non-hydrogen) atoms. The van der Waals surface area contributed by atoms with Gasteiger partial charge >= 0.3 is 6.09 Å². The van der Waals surface area contributed by atoms with E-state index in [1.165, 1.54) is 14.0 Å². The Hall–Kier alpha value is -2.39. The minimum Gasteiger partial charge on any atom is -0.449 e. The fourth-order valence-electron chi connectivity index (χ4n) is 4.31. The molecular formula is C15H18N4O5. The van der Waals surface area contributed by atoms with Crippen molar-refractivity contribution in [3.8, 4) is 0 Å². The number of carbonyl (C=O) groups excluding carboxylic acids is 3. The van der Waals surface area contributed by atoms with E-state index < -0.39 is 23.5 Å². The Morgan fingerprint density at radius 2 is 2.12 bits per heavy atom. The predicted octanol–water partition coefficient (Wildman–Crippen LogP) is -1.65. The van der Waals surface area contributed by atoms with Crippen LogP contribution in [0.25, 0.3) is 0 Å². The number of Topliss-reactive ketones (excluding diaryl/α,β-unsaturated/α-hetero) is 2. The molecule has 0 aromatic carbocycles. The van der Waals surface area contributed by atoms with E-state index in [1.54, 1.807) is 0 Å². The Bertz CT molecular complexity index is 757. The standard InChI is InChI=1S/C15H18N4O5/c1-5-9(16)12(21)8-6(4-24-14(17)22)15(23-2)13-7(18-13)3-19(15)10(8)11(5)20/h6-7,13,18H,3-4,16H2,1-2H3,(H2,17,22)/t6-,7+,13+,15?/m1/s1. The van der Waals surface area contributed by atoms with Gasteiger partial charge in [-0.15, -0.1) is 0 Å².